The molecule has 0 fully saturated rings. The molecule has 0 radical (unpaired) electrons. The Balaban J connectivity index is 2.15. The summed E-state index contributed by atoms with van der Waals surface area (Å²) in [5.74, 6) is 5.45. The van der Waals surface area contributed by atoms with Gasteiger partial charge < -0.3 is 4.74 Å². The predicted molar refractivity (Wildman–Crippen MR) is 71.0 cm³/mol. The van der Waals surface area contributed by atoms with Crippen LogP contribution < -0.4 is 16.0 Å². The van der Waals surface area contributed by atoms with E-state index >= 15 is 0 Å². The van der Waals surface area contributed by atoms with E-state index in [2.05, 4.69) is 5.43 Å². The van der Waals surface area contributed by atoms with Gasteiger partial charge in [0.1, 0.15) is 0 Å². The number of hydrazine groups is 1. The van der Waals surface area contributed by atoms with Crippen LogP contribution in [0.5, 0.6) is 5.75 Å². The number of hydrogen-bond donors (Lipinski definition) is 2. The molecular formula is C13H15FN2OS. The average molecular weight is 266 g/mol. The number of rotatable bonds is 5. The van der Waals surface area contributed by atoms with Gasteiger partial charge in [-0.25, -0.2) is 4.39 Å². The molecule has 1 heterocycles. The minimum Gasteiger partial charge on any atom is -0.494 e. The summed E-state index contributed by atoms with van der Waals surface area (Å²) in [6.07, 6.45) is 0.633. The highest BCUT2D eigenvalue weighted by atomic mass is 32.1. The third-order valence-corrected chi connectivity index (χ3v) is 3.50. The average Bonchev–Trinajstić information content (AvgIpc) is 2.90. The van der Waals surface area contributed by atoms with E-state index in [1.165, 1.54) is 13.2 Å². The molecule has 3 N–H and O–H groups in total. The molecule has 2 aromatic rings. The quantitative estimate of drug-likeness (QED) is 0.646. The summed E-state index contributed by atoms with van der Waals surface area (Å²) < 4.78 is 18.5. The lowest BCUT2D eigenvalue weighted by atomic mass is 10.0. The third-order valence-electron chi connectivity index (χ3n) is 2.80. The largest absolute Gasteiger partial charge is 0.494 e. The number of ether oxygens (including phenoxy) is 1. The van der Waals surface area contributed by atoms with Crippen molar-refractivity contribution in [3.05, 3.63) is 52.0 Å². The van der Waals surface area contributed by atoms with E-state index in [9.17, 15) is 4.39 Å². The summed E-state index contributed by atoms with van der Waals surface area (Å²) >= 11 is 1.61. The summed E-state index contributed by atoms with van der Waals surface area (Å²) in [5, 5.41) is 4.03. The maximum Gasteiger partial charge on any atom is 0.165 e. The van der Waals surface area contributed by atoms with Crippen LogP contribution in [0.2, 0.25) is 0 Å². The van der Waals surface area contributed by atoms with Crippen molar-refractivity contribution in [2.75, 3.05) is 7.11 Å². The highest BCUT2D eigenvalue weighted by molar-refractivity contribution is 7.07. The maximum absolute atomic E-state index is 13.6. The van der Waals surface area contributed by atoms with E-state index in [1.807, 2.05) is 22.9 Å². The summed E-state index contributed by atoms with van der Waals surface area (Å²) in [5.41, 5.74) is 4.74. The first-order valence-electron chi connectivity index (χ1n) is 5.55. The molecule has 0 bridgehead atoms. The van der Waals surface area contributed by atoms with Crippen molar-refractivity contribution < 1.29 is 9.13 Å². The van der Waals surface area contributed by atoms with Crippen LogP contribution in [0.3, 0.4) is 0 Å². The minimum absolute atomic E-state index is 0.0101. The van der Waals surface area contributed by atoms with E-state index in [1.54, 1.807) is 17.4 Å². The number of halogens is 1. The van der Waals surface area contributed by atoms with Crippen LogP contribution in [-0.4, -0.2) is 7.11 Å². The van der Waals surface area contributed by atoms with Crippen molar-refractivity contribution in [2.24, 2.45) is 5.84 Å². The Labute approximate surface area is 109 Å². The van der Waals surface area contributed by atoms with Gasteiger partial charge in [-0.3, -0.25) is 11.3 Å². The molecule has 1 unspecified atom stereocenters. The monoisotopic (exact) mass is 266 g/mol. The molecular weight excluding hydrogens is 251 g/mol. The molecule has 0 amide bonds. The van der Waals surface area contributed by atoms with Gasteiger partial charge in [0.15, 0.2) is 11.6 Å². The number of benzene rings is 1. The minimum atomic E-state index is -0.351. The molecule has 0 saturated heterocycles. The van der Waals surface area contributed by atoms with E-state index < -0.39 is 0 Å². The number of nitrogens with one attached hydrogen (secondary N) is 1. The second kappa shape index (κ2) is 5.95. The lowest BCUT2D eigenvalue weighted by molar-refractivity contribution is 0.386. The van der Waals surface area contributed by atoms with Crippen LogP contribution in [0.4, 0.5) is 4.39 Å². The van der Waals surface area contributed by atoms with Crippen LogP contribution >= 0.6 is 11.3 Å². The Morgan fingerprint density at radius 1 is 1.44 bits per heavy atom. The Kier molecular flexibility index (Phi) is 4.30. The van der Waals surface area contributed by atoms with Gasteiger partial charge in [-0.2, -0.15) is 11.3 Å². The Hall–Kier alpha value is -1.43. The molecule has 96 valence electrons. The number of hydrogen-bond acceptors (Lipinski definition) is 4. The highest BCUT2D eigenvalue weighted by Crippen LogP contribution is 2.23. The summed E-state index contributed by atoms with van der Waals surface area (Å²) in [7, 11) is 1.45. The fourth-order valence-electron chi connectivity index (χ4n) is 1.82. The SMILES string of the molecule is COc1ccc(CC(NN)c2ccsc2)cc1F. The van der Waals surface area contributed by atoms with E-state index in [0.29, 0.717) is 6.42 Å². The first kappa shape index (κ1) is 13.0. The molecule has 3 nitrogen and oxygen atoms in total. The fraction of sp³-hybridized carbons (Fsp3) is 0.231. The highest BCUT2D eigenvalue weighted by Gasteiger charge is 2.12. The van der Waals surface area contributed by atoms with Crippen LogP contribution in [0.1, 0.15) is 17.2 Å². The first-order chi connectivity index (χ1) is 8.74. The molecule has 1 aromatic carbocycles. The normalized spacial score (nSPS) is 12.4. The predicted octanol–water partition coefficient (Wildman–Crippen LogP) is 2.64. The standard InChI is InChI=1S/C13H15FN2OS/c1-17-13-3-2-9(6-11(13)14)7-12(16-15)10-4-5-18-8-10/h2-6,8,12,16H,7,15H2,1H3. The summed E-state index contributed by atoms with van der Waals surface area (Å²) in [6, 6.07) is 6.96. The molecule has 2 rings (SSSR count). The van der Waals surface area contributed by atoms with E-state index in [0.717, 1.165) is 11.1 Å². The van der Waals surface area contributed by atoms with Crippen molar-refractivity contribution in [1.29, 1.82) is 0 Å². The van der Waals surface area contributed by atoms with Gasteiger partial charge in [-0.1, -0.05) is 6.07 Å². The molecule has 18 heavy (non-hydrogen) atoms. The van der Waals surface area contributed by atoms with Crippen LogP contribution in [0.25, 0.3) is 0 Å². The van der Waals surface area contributed by atoms with Crippen molar-refractivity contribution in [3.8, 4) is 5.75 Å². The zero-order chi connectivity index (χ0) is 13.0. The van der Waals surface area contributed by atoms with Crippen LogP contribution in [-0.2, 0) is 6.42 Å². The van der Waals surface area contributed by atoms with Crippen molar-refractivity contribution >= 4 is 11.3 Å². The van der Waals surface area contributed by atoms with E-state index in [4.69, 9.17) is 10.6 Å². The number of methoxy groups -OCH3 is 1. The van der Waals surface area contributed by atoms with Gasteiger partial charge in [0.2, 0.25) is 0 Å². The molecule has 0 aliphatic carbocycles. The van der Waals surface area contributed by atoms with Crippen LogP contribution in [0, 0.1) is 5.82 Å². The topological polar surface area (TPSA) is 47.3 Å². The maximum atomic E-state index is 13.6. The Bertz CT molecular complexity index is 502. The summed E-state index contributed by atoms with van der Waals surface area (Å²) in [4.78, 5) is 0. The number of thiophene rings is 1. The molecule has 0 aliphatic rings. The van der Waals surface area contributed by atoms with Gasteiger partial charge in [0.05, 0.1) is 13.2 Å². The number of nitrogens with two attached hydrogens (primary N) is 1. The zero-order valence-electron chi connectivity index (χ0n) is 10.0. The second-order valence-electron chi connectivity index (χ2n) is 3.95. The Morgan fingerprint density at radius 2 is 2.28 bits per heavy atom. The van der Waals surface area contributed by atoms with Crippen LogP contribution in [0.15, 0.2) is 35.0 Å². The Morgan fingerprint density at radius 3 is 2.83 bits per heavy atom. The summed E-state index contributed by atoms with van der Waals surface area (Å²) in [6.45, 7) is 0. The molecule has 0 saturated carbocycles. The van der Waals surface area contributed by atoms with E-state index in [-0.39, 0.29) is 17.6 Å². The van der Waals surface area contributed by atoms with Gasteiger partial charge in [0, 0.05) is 0 Å². The van der Waals surface area contributed by atoms with Gasteiger partial charge in [-0.15, -0.1) is 0 Å². The van der Waals surface area contributed by atoms with Crippen molar-refractivity contribution in [2.45, 2.75) is 12.5 Å². The molecule has 0 aliphatic heterocycles. The van der Waals surface area contributed by atoms with Crippen molar-refractivity contribution in [1.82, 2.24) is 5.43 Å². The zero-order valence-corrected chi connectivity index (χ0v) is 10.8. The van der Waals surface area contributed by atoms with Gasteiger partial charge >= 0.3 is 0 Å². The first-order valence-corrected chi connectivity index (χ1v) is 6.49. The molecule has 5 heteroatoms. The smallest absolute Gasteiger partial charge is 0.165 e. The lowest BCUT2D eigenvalue weighted by Crippen LogP contribution is -2.29. The molecule has 1 atom stereocenters. The fourth-order valence-corrected chi connectivity index (χ4v) is 2.53. The van der Waals surface area contributed by atoms with Crippen molar-refractivity contribution in [3.63, 3.8) is 0 Å². The third kappa shape index (κ3) is 2.87. The van der Waals surface area contributed by atoms with Gasteiger partial charge in [0.25, 0.3) is 0 Å². The van der Waals surface area contributed by atoms with Gasteiger partial charge in [-0.05, 0) is 46.5 Å². The lowest BCUT2D eigenvalue weighted by Gasteiger charge is -2.15. The second-order valence-corrected chi connectivity index (χ2v) is 4.73. The molecule has 1 aromatic heterocycles. The molecule has 0 spiro atoms.